The quantitative estimate of drug-likeness (QED) is 0.778. The van der Waals surface area contributed by atoms with Crippen molar-refractivity contribution in [2.24, 2.45) is 0 Å². The molecular weight excluding hydrogens is 337 g/mol. The molecule has 26 heavy (non-hydrogen) atoms. The zero-order valence-corrected chi connectivity index (χ0v) is 14.1. The Bertz CT molecular complexity index is 1020. The van der Waals surface area contributed by atoms with Gasteiger partial charge in [-0.15, -0.1) is 0 Å². The molecule has 4 rings (SSSR count). The van der Waals surface area contributed by atoms with E-state index >= 15 is 0 Å². The van der Waals surface area contributed by atoms with Crippen molar-refractivity contribution in [2.45, 2.75) is 6.54 Å². The van der Waals surface area contributed by atoms with Gasteiger partial charge in [-0.25, -0.2) is 9.18 Å². The van der Waals surface area contributed by atoms with Crippen LogP contribution in [-0.4, -0.2) is 41.6 Å². The van der Waals surface area contributed by atoms with E-state index in [-0.39, 0.29) is 18.3 Å². The van der Waals surface area contributed by atoms with Crippen molar-refractivity contribution in [3.05, 3.63) is 70.0 Å². The van der Waals surface area contributed by atoms with E-state index in [0.29, 0.717) is 35.3 Å². The van der Waals surface area contributed by atoms with Gasteiger partial charge in [0, 0.05) is 31.7 Å². The third-order valence-electron chi connectivity index (χ3n) is 4.55. The second kappa shape index (κ2) is 6.76. The number of hydrogen-bond acceptors (Lipinski definition) is 4. The van der Waals surface area contributed by atoms with Crippen LogP contribution >= 0.6 is 0 Å². The van der Waals surface area contributed by atoms with E-state index in [1.165, 1.54) is 16.7 Å². The van der Waals surface area contributed by atoms with Gasteiger partial charge < -0.3 is 14.6 Å². The van der Waals surface area contributed by atoms with Crippen molar-refractivity contribution in [1.29, 1.82) is 0 Å². The second-order valence-electron chi connectivity index (χ2n) is 6.31. The first-order valence-corrected chi connectivity index (χ1v) is 8.50. The molecule has 1 aliphatic rings. The molecule has 0 unspecified atom stereocenters. The summed E-state index contributed by atoms with van der Waals surface area (Å²) in [5.74, 6) is -0.961. The molecule has 1 aliphatic heterocycles. The summed E-state index contributed by atoms with van der Waals surface area (Å²) in [5.41, 5.74) is 2.09. The molecule has 1 N–H and O–H groups in total. The Labute approximate surface area is 148 Å². The lowest BCUT2D eigenvalue weighted by molar-refractivity contribution is 0.0736. The fourth-order valence-electron chi connectivity index (χ4n) is 3.22. The molecule has 0 bridgehead atoms. The number of nitrogens with zero attached hydrogens (tertiary/aromatic N) is 2. The standard InChI is InChI=1S/C19H18FN3O3/c20-15-3-1-2-13(10-15)12-23-16-5-4-14(11-17(16)26-19(23)25)18(24)22-8-6-21-7-9-22/h1-5,10-11,21H,6-9,12H2. The number of carbonyl (C=O) groups excluding carboxylic acids is 1. The van der Waals surface area contributed by atoms with Crippen molar-refractivity contribution in [3.8, 4) is 0 Å². The predicted octanol–water partition coefficient (Wildman–Crippen LogP) is 1.83. The van der Waals surface area contributed by atoms with Gasteiger partial charge in [0.15, 0.2) is 5.58 Å². The van der Waals surface area contributed by atoms with E-state index < -0.39 is 5.76 Å². The number of hydrogen-bond donors (Lipinski definition) is 1. The minimum Gasteiger partial charge on any atom is -0.408 e. The summed E-state index contributed by atoms with van der Waals surface area (Å²) >= 11 is 0. The van der Waals surface area contributed by atoms with E-state index in [1.54, 1.807) is 35.2 Å². The number of fused-ring (bicyclic) bond motifs is 1. The van der Waals surface area contributed by atoms with Gasteiger partial charge in [0.2, 0.25) is 0 Å². The number of piperazine rings is 1. The van der Waals surface area contributed by atoms with Crippen LogP contribution in [-0.2, 0) is 6.54 Å². The largest absolute Gasteiger partial charge is 0.420 e. The molecule has 2 heterocycles. The lowest BCUT2D eigenvalue weighted by atomic mass is 10.1. The summed E-state index contributed by atoms with van der Waals surface area (Å²) in [4.78, 5) is 26.6. The van der Waals surface area contributed by atoms with Crippen LogP contribution in [0.3, 0.4) is 0 Å². The number of aromatic nitrogens is 1. The van der Waals surface area contributed by atoms with Crippen LogP contribution in [0.1, 0.15) is 15.9 Å². The summed E-state index contributed by atoms with van der Waals surface area (Å²) < 4.78 is 20.1. The lowest BCUT2D eigenvalue weighted by Crippen LogP contribution is -2.46. The van der Waals surface area contributed by atoms with Gasteiger partial charge in [-0.3, -0.25) is 9.36 Å². The van der Waals surface area contributed by atoms with Gasteiger partial charge in [-0.2, -0.15) is 0 Å². The lowest BCUT2D eigenvalue weighted by Gasteiger charge is -2.27. The SMILES string of the molecule is O=C(c1ccc2c(c1)oc(=O)n2Cc1cccc(F)c1)N1CCNCC1. The molecule has 1 amide bonds. The summed E-state index contributed by atoms with van der Waals surface area (Å²) in [7, 11) is 0. The molecule has 1 fully saturated rings. The van der Waals surface area contributed by atoms with Gasteiger partial charge in [-0.05, 0) is 35.9 Å². The van der Waals surface area contributed by atoms with E-state index in [4.69, 9.17) is 4.42 Å². The molecule has 1 saturated heterocycles. The van der Waals surface area contributed by atoms with Gasteiger partial charge in [0.25, 0.3) is 5.91 Å². The maximum Gasteiger partial charge on any atom is 0.420 e. The minimum atomic E-state index is -0.531. The number of amides is 1. The highest BCUT2D eigenvalue weighted by atomic mass is 19.1. The highest BCUT2D eigenvalue weighted by molar-refractivity contribution is 5.97. The molecule has 0 aliphatic carbocycles. The number of benzene rings is 2. The number of nitrogens with one attached hydrogen (secondary N) is 1. The highest BCUT2D eigenvalue weighted by Gasteiger charge is 2.19. The van der Waals surface area contributed by atoms with Crippen molar-refractivity contribution in [2.75, 3.05) is 26.2 Å². The monoisotopic (exact) mass is 355 g/mol. The molecule has 0 spiro atoms. The maximum absolute atomic E-state index is 13.4. The highest BCUT2D eigenvalue weighted by Crippen LogP contribution is 2.18. The molecule has 134 valence electrons. The third-order valence-corrected chi connectivity index (χ3v) is 4.55. The van der Waals surface area contributed by atoms with Crippen LogP contribution in [0, 0.1) is 5.82 Å². The minimum absolute atomic E-state index is 0.0751. The van der Waals surface area contributed by atoms with E-state index in [9.17, 15) is 14.0 Å². The second-order valence-corrected chi connectivity index (χ2v) is 6.31. The van der Waals surface area contributed by atoms with Crippen LogP contribution < -0.4 is 11.1 Å². The normalized spacial score (nSPS) is 14.7. The van der Waals surface area contributed by atoms with E-state index in [0.717, 1.165) is 13.1 Å². The van der Waals surface area contributed by atoms with Crippen LogP contribution in [0.15, 0.2) is 51.7 Å². The first-order chi connectivity index (χ1) is 12.6. The fraction of sp³-hybridized carbons (Fsp3) is 0.263. The van der Waals surface area contributed by atoms with Crippen LogP contribution in [0.4, 0.5) is 4.39 Å². The Hall–Kier alpha value is -2.93. The summed E-state index contributed by atoms with van der Waals surface area (Å²) in [6.07, 6.45) is 0. The molecule has 3 aromatic rings. The first kappa shape index (κ1) is 16.5. The Morgan fingerprint density at radius 1 is 1.15 bits per heavy atom. The molecule has 2 aromatic carbocycles. The molecular formula is C19H18FN3O3. The Morgan fingerprint density at radius 2 is 1.96 bits per heavy atom. The van der Waals surface area contributed by atoms with Gasteiger partial charge in [0.05, 0.1) is 12.1 Å². The third kappa shape index (κ3) is 3.13. The van der Waals surface area contributed by atoms with Crippen molar-refractivity contribution in [1.82, 2.24) is 14.8 Å². The van der Waals surface area contributed by atoms with Gasteiger partial charge in [-0.1, -0.05) is 12.1 Å². The number of oxazole rings is 1. The van der Waals surface area contributed by atoms with E-state index in [2.05, 4.69) is 5.32 Å². The van der Waals surface area contributed by atoms with Gasteiger partial charge >= 0.3 is 5.76 Å². The number of halogens is 1. The average Bonchev–Trinajstić information content (AvgIpc) is 2.96. The van der Waals surface area contributed by atoms with E-state index in [1.807, 2.05) is 0 Å². The van der Waals surface area contributed by atoms with Gasteiger partial charge in [0.1, 0.15) is 5.82 Å². The molecule has 6 nitrogen and oxygen atoms in total. The summed E-state index contributed by atoms with van der Waals surface area (Å²) in [6, 6.07) is 11.1. The average molecular weight is 355 g/mol. The molecule has 7 heteroatoms. The zero-order chi connectivity index (χ0) is 18.1. The zero-order valence-electron chi connectivity index (χ0n) is 14.1. The maximum atomic E-state index is 13.4. The molecule has 1 aromatic heterocycles. The topological polar surface area (TPSA) is 67.5 Å². The van der Waals surface area contributed by atoms with Crippen molar-refractivity contribution < 1.29 is 13.6 Å². The predicted molar refractivity (Wildman–Crippen MR) is 94.7 cm³/mol. The van der Waals surface area contributed by atoms with Crippen LogP contribution in [0.2, 0.25) is 0 Å². The number of rotatable bonds is 3. The summed E-state index contributed by atoms with van der Waals surface area (Å²) in [6.45, 7) is 3.05. The van der Waals surface area contributed by atoms with Crippen LogP contribution in [0.5, 0.6) is 0 Å². The molecule has 0 saturated carbocycles. The van der Waals surface area contributed by atoms with Crippen LogP contribution in [0.25, 0.3) is 11.1 Å². The Balaban J connectivity index is 1.66. The smallest absolute Gasteiger partial charge is 0.408 e. The Morgan fingerprint density at radius 3 is 2.73 bits per heavy atom. The number of carbonyl (C=O) groups is 1. The first-order valence-electron chi connectivity index (χ1n) is 8.50. The summed E-state index contributed by atoms with van der Waals surface area (Å²) in [5, 5.41) is 3.20. The molecule has 0 radical (unpaired) electrons. The Kier molecular flexibility index (Phi) is 4.30. The fourth-order valence-corrected chi connectivity index (χ4v) is 3.22. The van der Waals surface area contributed by atoms with Crippen molar-refractivity contribution in [3.63, 3.8) is 0 Å². The van der Waals surface area contributed by atoms with Crippen molar-refractivity contribution >= 4 is 17.0 Å². The molecule has 0 atom stereocenters.